The molecule has 31 heavy (non-hydrogen) atoms. The first-order valence-electron chi connectivity index (χ1n) is 9.80. The molecule has 0 heterocycles. The number of carbonyl (C=O) groups is 1. The van der Waals surface area contributed by atoms with Gasteiger partial charge in [0.2, 0.25) is 0 Å². The molecule has 0 saturated heterocycles. The van der Waals surface area contributed by atoms with Gasteiger partial charge >= 0.3 is 0 Å². The monoisotopic (exact) mass is 418 g/mol. The van der Waals surface area contributed by atoms with E-state index < -0.39 is 11.5 Å². The third-order valence-corrected chi connectivity index (χ3v) is 5.05. The summed E-state index contributed by atoms with van der Waals surface area (Å²) in [5.41, 5.74) is 4.26. The van der Waals surface area contributed by atoms with E-state index in [1.54, 1.807) is 56.7 Å². The van der Waals surface area contributed by atoms with Gasteiger partial charge in [0.1, 0.15) is 0 Å². The minimum Gasteiger partial charge on any atom is -0.493 e. The van der Waals surface area contributed by atoms with E-state index in [0.717, 1.165) is 11.1 Å². The van der Waals surface area contributed by atoms with Crippen molar-refractivity contribution in [3.8, 4) is 11.5 Å². The Labute approximate surface area is 182 Å². The molecule has 0 atom stereocenters. The second kappa shape index (κ2) is 9.45. The molecule has 0 aliphatic rings. The molecule has 3 aromatic rings. The van der Waals surface area contributed by atoms with Crippen molar-refractivity contribution in [3.63, 3.8) is 0 Å². The Morgan fingerprint density at radius 3 is 1.87 bits per heavy atom. The number of ether oxygens (including phenoxy) is 2. The van der Waals surface area contributed by atoms with Crippen LogP contribution in [0.4, 0.5) is 0 Å². The van der Waals surface area contributed by atoms with Gasteiger partial charge in [0.15, 0.2) is 17.1 Å². The van der Waals surface area contributed by atoms with E-state index in [1.807, 2.05) is 38.1 Å². The SMILES string of the molecule is COc1ccc(/C=N\NC(=O)C(O)(c2ccc(C)cc2)c2ccc(C)cc2)cc1OC. The fraction of sp³-hybridized carbons (Fsp3) is 0.200. The first-order valence-corrected chi connectivity index (χ1v) is 9.80. The van der Waals surface area contributed by atoms with Crippen molar-refractivity contribution in [1.82, 2.24) is 5.43 Å². The summed E-state index contributed by atoms with van der Waals surface area (Å²) in [5.74, 6) is 0.488. The topological polar surface area (TPSA) is 80.2 Å². The van der Waals surface area contributed by atoms with Crippen LogP contribution in [0, 0.1) is 13.8 Å². The van der Waals surface area contributed by atoms with Crippen molar-refractivity contribution >= 4 is 12.1 Å². The Kier molecular flexibility index (Phi) is 6.72. The summed E-state index contributed by atoms with van der Waals surface area (Å²) < 4.78 is 10.5. The number of hydrogen-bond acceptors (Lipinski definition) is 5. The summed E-state index contributed by atoms with van der Waals surface area (Å²) in [6.07, 6.45) is 1.48. The summed E-state index contributed by atoms with van der Waals surface area (Å²) in [4.78, 5) is 13.1. The first kappa shape index (κ1) is 22.1. The Morgan fingerprint density at radius 2 is 1.39 bits per heavy atom. The van der Waals surface area contributed by atoms with Crippen LogP contribution in [0.2, 0.25) is 0 Å². The van der Waals surface area contributed by atoms with Crippen LogP contribution in [0.1, 0.15) is 27.8 Å². The van der Waals surface area contributed by atoms with Crippen molar-refractivity contribution in [2.24, 2.45) is 5.10 Å². The molecule has 0 fully saturated rings. The summed E-state index contributed by atoms with van der Waals surface area (Å²) in [7, 11) is 3.10. The standard InChI is InChI=1S/C25H26N2O4/c1-17-5-10-20(11-6-17)25(29,21-12-7-18(2)8-13-21)24(28)27-26-16-19-9-14-22(30-3)23(15-19)31-4/h5-16,29H,1-4H3,(H,27,28)/b26-16-. The molecule has 0 bridgehead atoms. The van der Waals surface area contributed by atoms with E-state index in [2.05, 4.69) is 10.5 Å². The fourth-order valence-corrected chi connectivity index (χ4v) is 3.20. The van der Waals surface area contributed by atoms with Gasteiger partial charge in [-0.25, -0.2) is 5.43 Å². The van der Waals surface area contributed by atoms with Gasteiger partial charge in [-0.3, -0.25) is 4.79 Å². The number of carbonyl (C=O) groups excluding carboxylic acids is 1. The maximum atomic E-state index is 13.1. The average molecular weight is 418 g/mol. The highest BCUT2D eigenvalue weighted by molar-refractivity contribution is 5.91. The Balaban J connectivity index is 1.89. The van der Waals surface area contributed by atoms with Crippen LogP contribution in [0.5, 0.6) is 11.5 Å². The molecule has 0 radical (unpaired) electrons. The fourth-order valence-electron chi connectivity index (χ4n) is 3.20. The second-order valence-corrected chi connectivity index (χ2v) is 7.26. The lowest BCUT2D eigenvalue weighted by atomic mass is 9.85. The number of aryl methyl sites for hydroxylation is 2. The number of benzene rings is 3. The third-order valence-electron chi connectivity index (χ3n) is 5.05. The van der Waals surface area contributed by atoms with E-state index in [1.165, 1.54) is 6.21 Å². The highest BCUT2D eigenvalue weighted by Gasteiger charge is 2.40. The number of nitrogens with one attached hydrogen (secondary N) is 1. The number of hydrazone groups is 1. The van der Waals surface area contributed by atoms with Crippen LogP contribution in [-0.4, -0.2) is 31.4 Å². The minimum atomic E-state index is -1.89. The predicted molar refractivity (Wildman–Crippen MR) is 121 cm³/mol. The molecule has 0 saturated carbocycles. The van der Waals surface area contributed by atoms with Crippen LogP contribution >= 0.6 is 0 Å². The molecule has 3 rings (SSSR count). The lowest BCUT2D eigenvalue weighted by molar-refractivity contribution is -0.136. The van der Waals surface area contributed by atoms with Gasteiger partial charge in [0, 0.05) is 0 Å². The van der Waals surface area contributed by atoms with Gasteiger partial charge in [-0.1, -0.05) is 59.7 Å². The molecule has 0 aliphatic carbocycles. The van der Waals surface area contributed by atoms with E-state index in [-0.39, 0.29) is 0 Å². The van der Waals surface area contributed by atoms with E-state index in [4.69, 9.17) is 9.47 Å². The molecular weight excluding hydrogens is 392 g/mol. The highest BCUT2D eigenvalue weighted by Crippen LogP contribution is 2.31. The molecule has 6 heteroatoms. The zero-order valence-corrected chi connectivity index (χ0v) is 18.0. The van der Waals surface area contributed by atoms with Crippen LogP contribution in [0.15, 0.2) is 71.8 Å². The zero-order valence-electron chi connectivity index (χ0n) is 18.0. The first-order chi connectivity index (χ1) is 14.9. The van der Waals surface area contributed by atoms with Crippen molar-refractivity contribution in [1.29, 1.82) is 0 Å². The number of nitrogens with zero attached hydrogens (tertiary/aromatic N) is 1. The normalized spacial score (nSPS) is 11.4. The Bertz CT molecular complexity index is 1030. The third kappa shape index (κ3) is 4.75. The van der Waals surface area contributed by atoms with Crippen LogP contribution < -0.4 is 14.9 Å². The van der Waals surface area contributed by atoms with Crippen molar-refractivity contribution in [2.45, 2.75) is 19.4 Å². The molecule has 160 valence electrons. The van der Waals surface area contributed by atoms with Gasteiger partial charge in [0.05, 0.1) is 20.4 Å². The van der Waals surface area contributed by atoms with Crippen molar-refractivity contribution in [2.75, 3.05) is 14.2 Å². The predicted octanol–water partition coefficient (Wildman–Crippen LogP) is 3.71. The number of hydrogen-bond donors (Lipinski definition) is 2. The molecule has 1 amide bonds. The van der Waals surface area contributed by atoms with Gasteiger partial charge in [-0.2, -0.15) is 5.10 Å². The van der Waals surface area contributed by atoms with Crippen LogP contribution in [0.25, 0.3) is 0 Å². The molecule has 6 nitrogen and oxygen atoms in total. The molecule has 2 N–H and O–H groups in total. The summed E-state index contributed by atoms with van der Waals surface area (Å²) in [6, 6.07) is 19.7. The van der Waals surface area contributed by atoms with Crippen LogP contribution in [0.3, 0.4) is 0 Å². The quantitative estimate of drug-likeness (QED) is 0.453. The lowest BCUT2D eigenvalue weighted by Crippen LogP contribution is -2.43. The number of aliphatic hydroxyl groups is 1. The average Bonchev–Trinajstić information content (AvgIpc) is 2.79. The Hall–Kier alpha value is -3.64. The Morgan fingerprint density at radius 1 is 0.871 bits per heavy atom. The number of rotatable bonds is 7. The van der Waals surface area contributed by atoms with Gasteiger partial charge in [-0.05, 0) is 48.7 Å². The van der Waals surface area contributed by atoms with Crippen molar-refractivity contribution in [3.05, 3.63) is 94.5 Å². The molecular formula is C25H26N2O4. The van der Waals surface area contributed by atoms with Gasteiger partial charge in [-0.15, -0.1) is 0 Å². The summed E-state index contributed by atoms with van der Waals surface area (Å²) >= 11 is 0. The highest BCUT2D eigenvalue weighted by atomic mass is 16.5. The van der Waals surface area contributed by atoms with E-state index in [0.29, 0.717) is 28.2 Å². The molecule has 0 spiro atoms. The molecule has 0 unspecified atom stereocenters. The molecule has 0 aromatic heterocycles. The molecule has 0 aliphatic heterocycles. The second-order valence-electron chi connectivity index (χ2n) is 7.26. The largest absolute Gasteiger partial charge is 0.493 e. The number of methoxy groups -OCH3 is 2. The van der Waals surface area contributed by atoms with E-state index >= 15 is 0 Å². The molecule has 3 aromatic carbocycles. The van der Waals surface area contributed by atoms with Gasteiger partial charge < -0.3 is 14.6 Å². The van der Waals surface area contributed by atoms with Crippen molar-refractivity contribution < 1.29 is 19.4 Å². The maximum absolute atomic E-state index is 13.1. The summed E-state index contributed by atoms with van der Waals surface area (Å²) in [5, 5.41) is 15.6. The van der Waals surface area contributed by atoms with Crippen LogP contribution in [-0.2, 0) is 10.4 Å². The van der Waals surface area contributed by atoms with Gasteiger partial charge in [0.25, 0.3) is 5.91 Å². The lowest BCUT2D eigenvalue weighted by Gasteiger charge is -2.27. The maximum Gasteiger partial charge on any atom is 0.281 e. The smallest absolute Gasteiger partial charge is 0.281 e. The zero-order chi connectivity index (χ0) is 22.4. The summed E-state index contributed by atoms with van der Waals surface area (Å²) in [6.45, 7) is 3.89. The van der Waals surface area contributed by atoms with E-state index in [9.17, 15) is 9.90 Å². The number of amides is 1. The minimum absolute atomic E-state index is 0.459.